The Morgan fingerprint density at radius 1 is 1.36 bits per heavy atom. The highest BCUT2D eigenvalue weighted by Gasteiger charge is 2.37. The molecule has 1 aliphatic heterocycles. The van der Waals surface area contributed by atoms with Gasteiger partial charge in [0.1, 0.15) is 6.61 Å². The smallest absolute Gasteiger partial charge is 0.410 e. The number of esters is 1. The monoisotopic (exact) mass is 345 g/mol. The summed E-state index contributed by atoms with van der Waals surface area (Å²) in [6.07, 6.45) is 12.6. The molecule has 1 amide bonds. The van der Waals surface area contributed by atoms with Crippen molar-refractivity contribution in [1.82, 2.24) is 4.90 Å². The lowest BCUT2D eigenvalue weighted by atomic mass is 9.83. The largest absolute Gasteiger partial charge is 0.469 e. The number of methoxy groups -OCH3 is 1. The molecule has 3 rings (SSSR count). The maximum Gasteiger partial charge on any atom is 0.410 e. The van der Waals surface area contributed by atoms with Crippen LogP contribution in [0.3, 0.4) is 0 Å². The van der Waals surface area contributed by atoms with E-state index >= 15 is 0 Å². The van der Waals surface area contributed by atoms with Crippen molar-refractivity contribution >= 4 is 12.1 Å². The number of amides is 1. The first-order valence-electron chi connectivity index (χ1n) is 9.01. The normalized spacial score (nSPS) is 25.3. The maximum absolute atomic E-state index is 12.7. The summed E-state index contributed by atoms with van der Waals surface area (Å²) >= 11 is 0. The third-order valence-electron chi connectivity index (χ3n) is 5.42. The van der Waals surface area contributed by atoms with Gasteiger partial charge in [0.2, 0.25) is 0 Å². The second-order valence-corrected chi connectivity index (χ2v) is 7.74. The lowest BCUT2D eigenvalue weighted by Gasteiger charge is -2.36. The van der Waals surface area contributed by atoms with Gasteiger partial charge in [-0.1, -0.05) is 29.9 Å². The molecule has 0 aromatic rings. The fraction of sp³-hybridized carbons (Fsp3) is 0.600. The third kappa shape index (κ3) is 3.65. The highest BCUT2D eigenvalue weighted by Crippen LogP contribution is 2.42. The number of hydrogen-bond donors (Lipinski definition) is 0. The lowest BCUT2D eigenvalue weighted by molar-refractivity contribution is -0.153. The van der Waals surface area contributed by atoms with Crippen molar-refractivity contribution in [2.24, 2.45) is 11.3 Å². The standard InChI is InChI=1S/C20H27NO4/c1-20(2,18(22)24-3)13-25-19(23)21-10-5-4-7-16-11-14-8-6-9-15(14)12-17(16)21/h4-5,7,11,15,17H,6,8-10,12-13H2,1-3H3. The highest BCUT2D eigenvalue weighted by molar-refractivity contribution is 5.77. The van der Waals surface area contributed by atoms with E-state index in [0.29, 0.717) is 12.5 Å². The summed E-state index contributed by atoms with van der Waals surface area (Å²) in [5.74, 6) is 0.204. The molecule has 25 heavy (non-hydrogen) atoms. The molecule has 5 nitrogen and oxygen atoms in total. The minimum absolute atomic E-state index is 0.00893. The molecular formula is C20H27NO4. The first-order chi connectivity index (χ1) is 11.9. The van der Waals surface area contributed by atoms with Crippen LogP contribution in [0.1, 0.15) is 39.5 Å². The molecule has 3 aliphatic rings. The average molecular weight is 345 g/mol. The van der Waals surface area contributed by atoms with Gasteiger partial charge in [-0.25, -0.2) is 4.79 Å². The van der Waals surface area contributed by atoms with Gasteiger partial charge in [-0.05, 0) is 51.0 Å². The van der Waals surface area contributed by atoms with Crippen molar-refractivity contribution in [1.29, 1.82) is 0 Å². The van der Waals surface area contributed by atoms with Crippen LogP contribution in [0.5, 0.6) is 0 Å². The molecule has 0 saturated heterocycles. The summed E-state index contributed by atoms with van der Waals surface area (Å²) in [5.41, 5.74) is 1.86. The van der Waals surface area contributed by atoms with E-state index in [2.05, 4.69) is 12.2 Å². The summed E-state index contributed by atoms with van der Waals surface area (Å²) in [5, 5.41) is 0. The molecule has 0 bridgehead atoms. The summed E-state index contributed by atoms with van der Waals surface area (Å²) in [6.45, 7) is 3.97. The van der Waals surface area contributed by atoms with Gasteiger partial charge in [0, 0.05) is 6.54 Å². The summed E-state index contributed by atoms with van der Waals surface area (Å²) in [6, 6.07) is 0.0515. The van der Waals surface area contributed by atoms with Gasteiger partial charge in [-0.15, -0.1) is 0 Å². The lowest BCUT2D eigenvalue weighted by Crippen LogP contribution is -2.44. The molecule has 1 saturated carbocycles. The van der Waals surface area contributed by atoms with Crippen molar-refractivity contribution in [3.05, 3.63) is 35.5 Å². The van der Waals surface area contributed by atoms with Gasteiger partial charge in [0.25, 0.3) is 0 Å². The van der Waals surface area contributed by atoms with Crippen LogP contribution < -0.4 is 0 Å². The van der Waals surface area contributed by atoms with Crippen LogP contribution in [0.25, 0.3) is 0 Å². The first-order valence-corrected chi connectivity index (χ1v) is 9.01. The Hall–Kier alpha value is -2.04. The Kier molecular flexibility index (Phi) is 5.02. The van der Waals surface area contributed by atoms with Gasteiger partial charge in [-0.2, -0.15) is 0 Å². The van der Waals surface area contributed by atoms with E-state index in [1.54, 1.807) is 18.7 Å². The minimum atomic E-state index is -0.851. The van der Waals surface area contributed by atoms with Crippen molar-refractivity contribution < 1.29 is 19.1 Å². The quantitative estimate of drug-likeness (QED) is 0.733. The molecule has 2 unspecified atom stereocenters. The Morgan fingerprint density at radius 3 is 2.92 bits per heavy atom. The molecule has 2 atom stereocenters. The number of fused-ring (bicyclic) bond motifs is 2. The van der Waals surface area contributed by atoms with E-state index in [9.17, 15) is 9.59 Å². The number of hydrogen-bond acceptors (Lipinski definition) is 4. The molecule has 0 spiro atoms. The van der Waals surface area contributed by atoms with E-state index in [1.807, 2.05) is 12.2 Å². The Balaban J connectivity index is 1.71. The second kappa shape index (κ2) is 7.06. The zero-order valence-electron chi connectivity index (χ0n) is 15.3. The van der Waals surface area contributed by atoms with Crippen LogP contribution in [0.15, 0.2) is 35.5 Å². The van der Waals surface area contributed by atoms with Crippen LogP contribution in [-0.4, -0.2) is 43.3 Å². The van der Waals surface area contributed by atoms with E-state index in [1.165, 1.54) is 37.5 Å². The zero-order valence-corrected chi connectivity index (χ0v) is 15.3. The molecule has 0 aromatic carbocycles. The Morgan fingerprint density at radius 2 is 2.16 bits per heavy atom. The van der Waals surface area contributed by atoms with Crippen molar-refractivity contribution in [3.8, 4) is 0 Å². The van der Waals surface area contributed by atoms with Gasteiger partial charge in [0.05, 0.1) is 18.6 Å². The van der Waals surface area contributed by atoms with Crippen LogP contribution in [0.2, 0.25) is 0 Å². The summed E-state index contributed by atoms with van der Waals surface area (Å²) in [7, 11) is 1.34. The van der Waals surface area contributed by atoms with E-state index < -0.39 is 5.41 Å². The van der Waals surface area contributed by atoms with Crippen LogP contribution in [-0.2, 0) is 14.3 Å². The van der Waals surface area contributed by atoms with Crippen molar-refractivity contribution in [2.75, 3.05) is 20.3 Å². The van der Waals surface area contributed by atoms with E-state index in [4.69, 9.17) is 9.47 Å². The molecular weight excluding hydrogens is 318 g/mol. The molecule has 0 aromatic heterocycles. The van der Waals surface area contributed by atoms with Gasteiger partial charge in [-0.3, -0.25) is 9.69 Å². The summed E-state index contributed by atoms with van der Waals surface area (Å²) in [4.78, 5) is 26.3. The molecule has 2 aliphatic carbocycles. The Bertz CT molecular complexity index is 644. The fourth-order valence-corrected chi connectivity index (χ4v) is 3.93. The number of carbonyl (C=O) groups is 2. The molecule has 136 valence electrons. The Labute approximate surface area is 149 Å². The predicted molar refractivity (Wildman–Crippen MR) is 94.9 cm³/mol. The van der Waals surface area contributed by atoms with E-state index in [-0.39, 0.29) is 24.7 Å². The molecule has 1 heterocycles. The predicted octanol–water partition coefficient (Wildman–Crippen LogP) is 3.62. The van der Waals surface area contributed by atoms with Gasteiger partial charge in [0.15, 0.2) is 0 Å². The van der Waals surface area contributed by atoms with Crippen molar-refractivity contribution in [3.63, 3.8) is 0 Å². The average Bonchev–Trinajstić information content (AvgIpc) is 2.95. The van der Waals surface area contributed by atoms with Crippen LogP contribution in [0.4, 0.5) is 4.79 Å². The topological polar surface area (TPSA) is 55.8 Å². The third-order valence-corrected chi connectivity index (χ3v) is 5.42. The fourth-order valence-electron chi connectivity index (χ4n) is 3.93. The molecule has 5 heteroatoms. The van der Waals surface area contributed by atoms with Gasteiger partial charge >= 0.3 is 12.1 Å². The molecule has 1 fully saturated rings. The summed E-state index contributed by atoms with van der Waals surface area (Å²) < 4.78 is 10.3. The maximum atomic E-state index is 12.7. The number of rotatable bonds is 3. The SMILES string of the molecule is COC(=O)C(C)(C)COC(=O)N1CC=CC=C2C=C3CCCC3CC21. The number of ether oxygens (including phenoxy) is 2. The second-order valence-electron chi connectivity index (χ2n) is 7.74. The number of allylic oxidation sites excluding steroid dienone is 3. The number of nitrogens with zero attached hydrogens (tertiary/aromatic N) is 1. The highest BCUT2D eigenvalue weighted by atomic mass is 16.6. The molecule has 0 radical (unpaired) electrons. The van der Waals surface area contributed by atoms with E-state index in [0.717, 1.165) is 6.42 Å². The zero-order chi connectivity index (χ0) is 18.0. The van der Waals surface area contributed by atoms with Gasteiger partial charge < -0.3 is 9.47 Å². The number of carbonyl (C=O) groups excluding carboxylic acids is 2. The minimum Gasteiger partial charge on any atom is -0.469 e. The van der Waals surface area contributed by atoms with Crippen molar-refractivity contribution in [2.45, 2.75) is 45.6 Å². The van der Waals surface area contributed by atoms with Crippen LogP contribution in [0, 0.1) is 11.3 Å². The molecule has 0 N–H and O–H groups in total. The van der Waals surface area contributed by atoms with Crippen LogP contribution >= 0.6 is 0 Å². The first kappa shape index (κ1) is 17.8.